The fourth-order valence-electron chi connectivity index (χ4n) is 3.83. The van der Waals surface area contributed by atoms with Crippen molar-refractivity contribution in [1.29, 1.82) is 0 Å². The average molecular weight is 424 g/mol. The van der Waals surface area contributed by atoms with Gasteiger partial charge in [-0.05, 0) is 28.7 Å². The van der Waals surface area contributed by atoms with E-state index in [0.29, 0.717) is 6.42 Å². The van der Waals surface area contributed by atoms with Crippen LogP contribution in [0, 0.1) is 5.92 Å². The van der Waals surface area contributed by atoms with Gasteiger partial charge >= 0.3 is 12.1 Å². The normalized spacial score (nSPS) is 14.1. The highest BCUT2D eigenvalue weighted by molar-refractivity contribution is 5.81. The molecule has 2 unspecified atom stereocenters. The van der Waals surface area contributed by atoms with E-state index in [1.165, 1.54) is 0 Å². The van der Waals surface area contributed by atoms with Crippen LogP contribution in [0.15, 0.2) is 48.5 Å². The van der Waals surface area contributed by atoms with Crippen molar-refractivity contribution in [2.75, 3.05) is 13.2 Å². The van der Waals surface area contributed by atoms with Crippen LogP contribution >= 0.6 is 0 Å². The fourth-order valence-corrected chi connectivity index (χ4v) is 3.83. The molecule has 2 atom stereocenters. The molecule has 3 N–H and O–H groups in total. The molecule has 0 radical (unpaired) electrons. The number of hydrogen-bond acceptors (Lipinski definition) is 4. The van der Waals surface area contributed by atoms with Crippen LogP contribution in [0.25, 0.3) is 11.1 Å². The van der Waals surface area contributed by atoms with Gasteiger partial charge in [-0.3, -0.25) is 9.59 Å². The summed E-state index contributed by atoms with van der Waals surface area (Å²) in [5.41, 5.74) is 4.58. The lowest BCUT2D eigenvalue weighted by Gasteiger charge is -2.19. The second-order valence-corrected chi connectivity index (χ2v) is 7.82. The first kappa shape index (κ1) is 22.3. The Labute approximate surface area is 181 Å². The van der Waals surface area contributed by atoms with E-state index >= 15 is 0 Å². The van der Waals surface area contributed by atoms with Gasteiger partial charge in [-0.2, -0.15) is 0 Å². The van der Waals surface area contributed by atoms with Gasteiger partial charge in [0.05, 0.1) is 12.3 Å². The van der Waals surface area contributed by atoms with Crippen LogP contribution in [-0.4, -0.2) is 42.3 Å². The predicted octanol–water partition coefficient (Wildman–Crippen LogP) is 3.53. The lowest BCUT2D eigenvalue weighted by atomic mass is 9.98. The number of benzene rings is 2. The molecular formula is C24H28N2O5. The van der Waals surface area contributed by atoms with Crippen molar-refractivity contribution in [2.45, 2.75) is 38.6 Å². The Bertz CT molecular complexity index is 913. The second kappa shape index (κ2) is 10.1. The average Bonchev–Trinajstić information content (AvgIpc) is 3.09. The van der Waals surface area contributed by atoms with E-state index in [4.69, 9.17) is 9.84 Å². The number of carbonyl (C=O) groups is 3. The molecular weight excluding hydrogens is 396 g/mol. The molecule has 0 spiro atoms. The molecule has 164 valence electrons. The highest BCUT2D eigenvalue weighted by Crippen LogP contribution is 2.44. The maximum absolute atomic E-state index is 12.3. The van der Waals surface area contributed by atoms with Crippen molar-refractivity contribution in [3.05, 3.63) is 59.7 Å². The first-order valence-corrected chi connectivity index (χ1v) is 10.5. The van der Waals surface area contributed by atoms with Crippen LogP contribution in [0.1, 0.15) is 43.7 Å². The van der Waals surface area contributed by atoms with Crippen molar-refractivity contribution in [1.82, 2.24) is 10.6 Å². The Kier molecular flexibility index (Phi) is 7.28. The number of carbonyl (C=O) groups excluding carboxylic acids is 2. The van der Waals surface area contributed by atoms with Crippen LogP contribution in [0.2, 0.25) is 0 Å². The number of hydrogen-bond donors (Lipinski definition) is 3. The molecule has 0 heterocycles. The zero-order chi connectivity index (χ0) is 22.4. The van der Waals surface area contributed by atoms with E-state index in [9.17, 15) is 14.4 Å². The summed E-state index contributed by atoms with van der Waals surface area (Å²) in [4.78, 5) is 35.3. The van der Waals surface area contributed by atoms with Gasteiger partial charge in [0.1, 0.15) is 6.61 Å². The number of alkyl carbamates (subject to hydrolysis) is 1. The summed E-state index contributed by atoms with van der Waals surface area (Å²) >= 11 is 0. The molecule has 0 bridgehead atoms. The second-order valence-electron chi connectivity index (χ2n) is 7.82. The lowest BCUT2D eigenvalue weighted by molar-refractivity contribution is -0.137. The molecule has 2 amide bonds. The molecule has 0 saturated carbocycles. The quantitative estimate of drug-likeness (QED) is 0.571. The van der Waals surface area contributed by atoms with E-state index in [-0.39, 0.29) is 31.4 Å². The monoisotopic (exact) mass is 424 g/mol. The SMILES string of the molecule is CCC(CC(=O)O)NC(=O)C(C)CNC(=O)OCC1c2ccccc2-c2ccccc21. The number of carboxylic acid groups (broad SMARTS) is 1. The molecule has 2 aromatic rings. The smallest absolute Gasteiger partial charge is 0.407 e. The van der Waals surface area contributed by atoms with Gasteiger partial charge in [-0.15, -0.1) is 0 Å². The lowest BCUT2D eigenvalue weighted by Crippen LogP contribution is -2.42. The first-order chi connectivity index (χ1) is 14.9. The Morgan fingerprint density at radius 2 is 1.61 bits per heavy atom. The van der Waals surface area contributed by atoms with Gasteiger partial charge in [0, 0.05) is 18.5 Å². The van der Waals surface area contributed by atoms with Crippen molar-refractivity contribution < 1.29 is 24.2 Å². The Morgan fingerprint density at radius 3 is 2.16 bits per heavy atom. The number of rotatable bonds is 9. The molecule has 31 heavy (non-hydrogen) atoms. The predicted molar refractivity (Wildman–Crippen MR) is 117 cm³/mol. The van der Waals surface area contributed by atoms with Gasteiger partial charge < -0.3 is 20.5 Å². The molecule has 2 aromatic carbocycles. The standard InChI is InChI=1S/C24H28N2O5/c1-3-16(12-22(27)28)26-23(29)15(2)13-25-24(30)31-14-21-19-10-6-4-8-17(19)18-9-5-7-11-20(18)21/h4-11,15-16,21H,3,12-14H2,1-2H3,(H,25,30)(H,26,29)(H,27,28). The van der Waals surface area contributed by atoms with E-state index in [2.05, 4.69) is 34.9 Å². The molecule has 7 nitrogen and oxygen atoms in total. The third-order valence-corrected chi connectivity index (χ3v) is 5.60. The van der Waals surface area contributed by atoms with Crippen molar-refractivity contribution in [2.24, 2.45) is 5.92 Å². The van der Waals surface area contributed by atoms with Crippen molar-refractivity contribution in [3.8, 4) is 11.1 Å². The van der Waals surface area contributed by atoms with E-state index < -0.39 is 24.0 Å². The van der Waals surface area contributed by atoms with Crippen molar-refractivity contribution >= 4 is 18.0 Å². The largest absolute Gasteiger partial charge is 0.481 e. The highest BCUT2D eigenvalue weighted by atomic mass is 16.5. The molecule has 0 saturated heterocycles. The van der Waals surface area contributed by atoms with Gasteiger partial charge in [0.2, 0.25) is 5.91 Å². The molecule has 3 rings (SSSR count). The van der Waals surface area contributed by atoms with Gasteiger partial charge in [-0.1, -0.05) is 62.4 Å². The fraction of sp³-hybridized carbons (Fsp3) is 0.375. The van der Waals surface area contributed by atoms with Crippen LogP contribution in [0.5, 0.6) is 0 Å². The first-order valence-electron chi connectivity index (χ1n) is 10.5. The molecule has 0 fully saturated rings. The Balaban J connectivity index is 1.51. The zero-order valence-electron chi connectivity index (χ0n) is 17.8. The number of nitrogens with one attached hydrogen (secondary N) is 2. The summed E-state index contributed by atoms with van der Waals surface area (Å²) in [5.74, 6) is -1.80. The number of fused-ring (bicyclic) bond motifs is 3. The molecule has 7 heteroatoms. The highest BCUT2D eigenvalue weighted by Gasteiger charge is 2.29. The maximum atomic E-state index is 12.3. The van der Waals surface area contributed by atoms with Crippen LogP contribution in [0.3, 0.4) is 0 Å². The third-order valence-electron chi connectivity index (χ3n) is 5.60. The topological polar surface area (TPSA) is 105 Å². The summed E-state index contributed by atoms with van der Waals surface area (Å²) in [6.07, 6.45) is -0.196. The summed E-state index contributed by atoms with van der Waals surface area (Å²) < 4.78 is 5.47. The Hall–Kier alpha value is -3.35. The minimum atomic E-state index is -0.962. The molecule has 0 aromatic heterocycles. The summed E-state index contributed by atoms with van der Waals surface area (Å²) in [6, 6.07) is 15.8. The number of carboxylic acids is 1. The summed E-state index contributed by atoms with van der Waals surface area (Å²) in [6.45, 7) is 3.79. The van der Waals surface area contributed by atoms with Gasteiger partial charge in [-0.25, -0.2) is 4.79 Å². The van der Waals surface area contributed by atoms with Gasteiger partial charge in [0.15, 0.2) is 0 Å². The number of amides is 2. The minimum absolute atomic E-state index is 0.0276. The summed E-state index contributed by atoms with van der Waals surface area (Å²) in [7, 11) is 0. The number of ether oxygens (including phenoxy) is 1. The maximum Gasteiger partial charge on any atom is 0.407 e. The van der Waals surface area contributed by atoms with Crippen LogP contribution in [-0.2, 0) is 14.3 Å². The Morgan fingerprint density at radius 1 is 1.03 bits per heavy atom. The van der Waals surface area contributed by atoms with E-state index in [1.54, 1.807) is 6.92 Å². The zero-order valence-corrected chi connectivity index (χ0v) is 17.8. The molecule has 0 aliphatic heterocycles. The van der Waals surface area contributed by atoms with Gasteiger partial charge in [0.25, 0.3) is 0 Å². The molecule has 1 aliphatic rings. The van der Waals surface area contributed by atoms with Crippen LogP contribution < -0.4 is 10.6 Å². The van der Waals surface area contributed by atoms with Crippen LogP contribution in [0.4, 0.5) is 4.79 Å². The van der Waals surface area contributed by atoms with E-state index in [0.717, 1.165) is 22.3 Å². The number of aliphatic carboxylic acids is 1. The molecule has 1 aliphatic carbocycles. The summed E-state index contributed by atoms with van der Waals surface area (Å²) in [5, 5.41) is 14.2. The van der Waals surface area contributed by atoms with E-state index in [1.807, 2.05) is 31.2 Å². The van der Waals surface area contributed by atoms with Crippen molar-refractivity contribution in [3.63, 3.8) is 0 Å². The minimum Gasteiger partial charge on any atom is -0.481 e. The third kappa shape index (κ3) is 5.42.